The van der Waals surface area contributed by atoms with Crippen LogP contribution in [0.25, 0.3) is 0 Å². The van der Waals surface area contributed by atoms with Crippen molar-refractivity contribution >= 4 is 17.6 Å². The van der Waals surface area contributed by atoms with Crippen molar-refractivity contribution in [3.8, 4) is 0 Å². The molecule has 0 bridgehead atoms. The first kappa shape index (κ1) is 12.2. The van der Waals surface area contributed by atoms with E-state index in [1.165, 1.54) is 18.1 Å². The van der Waals surface area contributed by atoms with E-state index in [1.54, 1.807) is 0 Å². The zero-order chi connectivity index (χ0) is 11.3. The van der Waals surface area contributed by atoms with E-state index in [9.17, 15) is 5.11 Å². The molecule has 84 valence electrons. The number of aliphatic hydroxyl groups is 2. The van der Waals surface area contributed by atoms with Crippen molar-refractivity contribution in [1.82, 2.24) is 9.97 Å². The molecule has 0 aliphatic rings. The first-order chi connectivity index (χ1) is 7.19. The fourth-order valence-electron chi connectivity index (χ4n) is 1.09. The molecule has 1 heterocycles. The second-order valence-electron chi connectivity index (χ2n) is 3.04. The van der Waals surface area contributed by atoms with Crippen molar-refractivity contribution in [2.75, 3.05) is 18.1 Å². The van der Waals surface area contributed by atoms with Crippen LogP contribution in [0.5, 0.6) is 0 Å². The Morgan fingerprint density at radius 3 is 2.87 bits per heavy atom. The molecule has 15 heavy (non-hydrogen) atoms. The first-order valence-corrected chi connectivity index (χ1v) is 5.68. The first-order valence-electron chi connectivity index (χ1n) is 4.70. The smallest absolute Gasteiger partial charge is 0.131 e. The summed E-state index contributed by atoms with van der Waals surface area (Å²) in [6.45, 7) is 1.73. The number of aliphatic hydroxyl groups excluding tert-OH is 2. The molecule has 0 radical (unpaired) electrons. The van der Waals surface area contributed by atoms with E-state index in [0.717, 1.165) is 17.0 Å². The van der Waals surface area contributed by atoms with Crippen molar-refractivity contribution in [2.24, 2.45) is 0 Å². The largest absolute Gasteiger partial charge is 0.394 e. The van der Waals surface area contributed by atoms with Crippen LogP contribution in [0.3, 0.4) is 0 Å². The van der Waals surface area contributed by atoms with Gasteiger partial charge in [-0.05, 0) is 6.42 Å². The molecule has 0 saturated heterocycles. The molecule has 6 heteroatoms. The van der Waals surface area contributed by atoms with Crippen LogP contribution < -0.4 is 5.73 Å². The number of hydrogen-bond donors (Lipinski definition) is 3. The second kappa shape index (κ2) is 5.89. The summed E-state index contributed by atoms with van der Waals surface area (Å²) in [4.78, 5) is 8.00. The van der Waals surface area contributed by atoms with Crippen LogP contribution in [-0.2, 0) is 6.42 Å². The molecular formula is C9H15N3O2S. The molecule has 1 atom stereocenters. The number of nitrogens with two attached hydrogens (primary N) is 1. The Kier molecular flexibility index (Phi) is 4.80. The third-order valence-electron chi connectivity index (χ3n) is 1.92. The summed E-state index contributed by atoms with van der Waals surface area (Å²) >= 11 is 1.38. The molecule has 0 aliphatic heterocycles. The standard InChI is InChI=1S/C9H15N3O2S/c1-2-7-8(10)11-5-12-9(7)15-4-6(14)3-13/h5-6,13-14H,2-4H2,1H3,(H2,10,11,12). The lowest BCUT2D eigenvalue weighted by Crippen LogP contribution is -2.15. The van der Waals surface area contributed by atoms with Gasteiger partial charge in [0.15, 0.2) is 0 Å². The lowest BCUT2D eigenvalue weighted by Gasteiger charge is -2.09. The Balaban J connectivity index is 2.72. The Morgan fingerprint density at radius 1 is 1.53 bits per heavy atom. The Labute approximate surface area is 92.7 Å². The molecule has 1 aromatic rings. The summed E-state index contributed by atoms with van der Waals surface area (Å²) in [6.07, 6.45) is 1.43. The SMILES string of the molecule is CCc1c(N)ncnc1SCC(O)CO. The Hall–Kier alpha value is -0.850. The third-order valence-corrected chi connectivity index (χ3v) is 3.09. The van der Waals surface area contributed by atoms with E-state index >= 15 is 0 Å². The van der Waals surface area contributed by atoms with Gasteiger partial charge in [0.25, 0.3) is 0 Å². The summed E-state index contributed by atoms with van der Waals surface area (Å²) in [7, 11) is 0. The van der Waals surface area contributed by atoms with E-state index in [1.807, 2.05) is 6.92 Å². The van der Waals surface area contributed by atoms with Gasteiger partial charge in [-0.25, -0.2) is 9.97 Å². The fraction of sp³-hybridized carbons (Fsp3) is 0.556. The molecule has 1 unspecified atom stereocenters. The van der Waals surface area contributed by atoms with Gasteiger partial charge >= 0.3 is 0 Å². The average Bonchev–Trinajstić information content (AvgIpc) is 2.25. The normalized spacial score (nSPS) is 12.7. The van der Waals surface area contributed by atoms with Gasteiger partial charge in [0.1, 0.15) is 17.2 Å². The number of nitrogens with zero attached hydrogens (tertiary/aromatic N) is 2. The molecule has 0 fully saturated rings. The minimum atomic E-state index is -0.726. The van der Waals surface area contributed by atoms with E-state index in [4.69, 9.17) is 10.8 Å². The summed E-state index contributed by atoms with van der Waals surface area (Å²) in [5, 5.41) is 18.7. The van der Waals surface area contributed by atoms with Crippen molar-refractivity contribution < 1.29 is 10.2 Å². The third kappa shape index (κ3) is 3.33. The molecule has 0 saturated carbocycles. The minimum Gasteiger partial charge on any atom is -0.394 e. The van der Waals surface area contributed by atoms with Crippen LogP contribution in [-0.4, -0.2) is 38.6 Å². The summed E-state index contributed by atoms with van der Waals surface area (Å²) < 4.78 is 0. The Morgan fingerprint density at radius 2 is 2.27 bits per heavy atom. The van der Waals surface area contributed by atoms with E-state index in [2.05, 4.69) is 9.97 Å². The van der Waals surface area contributed by atoms with Gasteiger partial charge in [-0.1, -0.05) is 6.92 Å². The van der Waals surface area contributed by atoms with Gasteiger partial charge in [-0.2, -0.15) is 0 Å². The van der Waals surface area contributed by atoms with Crippen LogP contribution in [0, 0.1) is 0 Å². The zero-order valence-corrected chi connectivity index (χ0v) is 9.37. The van der Waals surface area contributed by atoms with Gasteiger partial charge in [-0.3, -0.25) is 0 Å². The fourth-order valence-corrected chi connectivity index (χ4v) is 2.09. The minimum absolute atomic E-state index is 0.241. The summed E-state index contributed by atoms with van der Waals surface area (Å²) in [6, 6.07) is 0. The monoisotopic (exact) mass is 229 g/mol. The zero-order valence-electron chi connectivity index (χ0n) is 8.55. The predicted molar refractivity (Wildman–Crippen MR) is 59.6 cm³/mol. The molecule has 1 rings (SSSR count). The number of thioether (sulfide) groups is 1. The lowest BCUT2D eigenvalue weighted by atomic mass is 10.2. The van der Waals surface area contributed by atoms with E-state index in [-0.39, 0.29) is 6.61 Å². The molecular weight excluding hydrogens is 214 g/mol. The molecule has 0 aromatic carbocycles. The van der Waals surface area contributed by atoms with E-state index in [0.29, 0.717) is 11.6 Å². The van der Waals surface area contributed by atoms with Crippen molar-refractivity contribution in [3.05, 3.63) is 11.9 Å². The van der Waals surface area contributed by atoms with Gasteiger partial charge in [0.2, 0.25) is 0 Å². The van der Waals surface area contributed by atoms with E-state index < -0.39 is 6.10 Å². The molecule has 4 N–H and O–H groups in total. The molecule has 5 nitrogen and oxygen atoms in total. The molecule has 0 spiro atoms. The van der Waals surface area contributed by atoms with Crippen LogP contribution in [0.4, 0.5) is 5.82 Å². The average molecular weight is 229 g/mol. The van der Waals surface area contributed by atoms with Crippen LogP contribution >= 0.6 is 11.8 Å². The van der Waals surface area contributed by atoms with Gasteiger partial charge in [0.05, 0.1) is 12.7 Å². The highest BCUT2D eigenvalue weighted by atomic mass is 32.2. The number of nitrogen functional groups attached to an aromatic ring is 1. The van der Waals surface area contributed by atoms with Gasteiger partial charge < -0.3 is 15.9 Å². The maximum Gasteiger partial charge on any atom is 0.131 e. The number of rotatable bonds is 5. The molecule has 0 amide bonds. The summed E-state index contributed by atoms with van der Waals surface area (Å²) in [5.74, 6) is 0.883. The van der Waals surface area contributed by atoms with Crippen molar-refractivity contribution in [3.63, 3.8) is 0 Å². The maximum absolute atomic E-state index is 9.21. The number of hydrogen-bond acceptors (Lipinski definition) is 6. The van der Waals surface area contributed by atoms with Crippen molar-refractivity contribution in [2.45, 2.75) is 24.5 Å². The van der Waals surface area contributed by atoms with Crippen LogP contribution in [0.1, 0.15) is 12.5 Å². The highest BCUT2D eigenvalue weighted by Gasteiger charge is 2.10. The maximum atomic E-state index is 9.21. The second-order valence-corrected chi connectivity index (χ2v) is 4.05. The Bertz CT molecular complexity index is 322. The van der Waals surface area contributed by atoms with Crippen LogP contribution in [0.15, 0.2) is 11.4 Å². The number of aromatic nitrogens is 2. The van der Waals surface area contributed by atoms with Gasteiger partial charge in [0, 0.05) is 11.3 Å². The van der Waals surface area contributed by atoms with Gasteiger partial charge in [-0.15, -0.1) is 11.8 Å². The topological polar surface area (TPSA) is 92.3 Å². The number of anilines is 1. The molecule has 1 aromatic heterocycles. The summed E-state index contributed by atoms with van der Waals surface area (Å²) in [5.41, 5.74) is 6.59. The highest BCUT2D eigenvalue weighted by Crippen LogP contribution is 2.24. The van der Waals surface area contributed by atoms with Crippen molar-refractivity contribution in [1.29, 1.82) is 0 Å². The predicted octanol–water partition coefficient (Wildman–Crippen LogP) is 0.0665. The molecule has 0 aliphatic carbocycles. The highest BCUT2D eigenvalue weighted by molar-refractivity contribution is 7.99. The lowest BCUT2D eigenvalue weighted by molar-refractivity contribution is 0.113. The van der Waals surface area contributed by atoms with Crippen LogP contribution in [0.2, 0.25) is 0 Å². The quantitative estimate of drug-likeness (QED) is 0.488.